The lowest BCUT2D eigenvalue weighted by atomic mass is 9.85. The highest BCUT2D eigenvalue weighted by atomic mass is 35.5. The molecule has 2 aromatic rings. The van der Waals surface area contributed by atoms with E-state index < -0.39 is 5.60 Å². The van der Waals surface area contributed by atoms with Crippen molar-refractivity contribution in [2.75, 3.05) is 11.9 Å². The monoisotopic (exact) mass is 476 g/mol. The van der Waals surface area contributed by atoms with Gasteiger partial charge in [-0.2, -0.15) is 0 Å². The molecule has 32 heavy (non-hydrogen) atoms. The van der Waals surface area contributed by atoms with Gasteiger partial charge < -0.3 is 15.7 Å². The van der Waals surface area contributed by atoms with Crippen LogP contribution in [0.5, 0.6) is 0 Å². The molecular formula is C24H30Cl2N4O2. The Kier molecular flexibility index (Phi) is 7.54. The number of anilines is 1. The van der Waals surface area contributed by atoms with Gasteiger partial charge in [0.15, 0.2) is 0 Å². The first-order valence-electron chi connectivity index (χ1n) is 11.5. The van der Waals surface area contributed by atoms with E-state index in [1.165, 1.54) is 12.8 Å². The summed E-state index contributed by atoms with van der Waals surface area (Å²) < 4.78 is 0. The first-order valence-corrected chi connectivity index (χ1v) is 12.2. The largest absolute Gasteiger partial charge is 0.388 e. The van der Waals surface area contributed by atoms with E-state index in [0.29, 0.717) is 29.3 Å². The number of hydrogen-bond acceptors (Lipinski definition) is 5. The van der Waals surface area contributed by atoms with E-state index in [1.54, 1.807) is 18.3 Å². The third-order valence-electron chi connectivity index (χ3n) is 6.73. The van der Waals surface area contributed by atoms with Crippen molar-refractivity contribution in [1.29, 1.82) is 0 Å². The van der Waals surface area contributed by atoms with E-state index in [-0.39, 0.29) is 23.8 Å². The van der Waals surface area contributed by atoms with Crippen molar-refractivity contribution < 1.29 is 9.90 Å². The van der Waals surface area contributed by atoms with Gasteiger partial charge in [-0.15, -0.1) is 0 Å². The number of carbonyl (C=O) groups is 1. The average molecular weight is 477 g/mol. The maximum Gasteiger partial charge on any atom is 0.252 e. The van der Waals surface area contributed by atoms with Crippen LogP contribution in [0.3, 0.4) is 0 Å². The second-order valence-corrected chi connectivity index (χ2v) is 9.82. The molecule has 6 nitrogen and oxygen atoms in total. The Labute approximate surface area is 199 Å². The van der Waals surface area contributed by atoms with Crippen molar-refractivity contribution >= 4 is 34.8 Å². The molecule has 1 heterocycles. The lowest BCUT2D eigenvalue weighted by Crippen LogP contribution is -2.44. The predicted octanol–water partition coefficient (Wildman–Crippen LogP) is 5.55. The van der Waals surface area contributed by atoms with Crippen molar-refractivity contribution in [3.8, 4) is 0 Å². The molecular weight excluding hydrogens is 447 g/mol. The molecule has 2 aliphatic carbocycles. The van der Waals surface area contributed by atoms with E-state index in [0.717, 1.165) is 43.5 Å². The molecule has 0 spiro atoms. The van der Waals surface area contributed by atoms with Crippen LogP contribution >= 0.6 is 23.2 Å². The Bertz CT molecular complexity index is 943. The molecule has 0 saturated heterocycles. The van der Waals surface area contributed by atoms with E-state index in [4.69, 9.17) is 23.2 Å². The van der Waals surface area contributed by atoms with Crippen molar-refractivity contribution in [3.05, 3.63) is 52.0 Å². The van der Waals surface area contributed by atoms with Gasteiger partial charge in [-0.3, -0.25) is 4.79 Å². The first-order chi connectivity index (χ1) is 15.4. The number of nitrogens with zero attached hydrogens (tertiary/aromatic N) is 2. The third-order valence-corrected chi connectivity index (χ3v) is 7.24. The molecule has 1 aromatic heterocycles. The summed E-state index contributed by atoms with van der Waals surface area (Å²) in [5.74, 6) is 0.148. The molecule has 2 aliphatic rings. The summed E-state index contributed by atoms with van der Waals surface area (Å²) in [6.07, 6.45) is 10.8. The van der Waals surface area contributed by atoms with Gasteiger partial charge in [0.2, 0.25) is 5.28 Å². The number of benzene rings is 1. The van der Waals surface area contributed by atoms with Gasteiger partial charge in [0.25, 0.3) is 5.91 Å². The number of aromatic nitrogens is 2. The summed E-state index contributed by atoms with van der Waals surface area (Å²) in [6.45, 7) is 0.240. The van der Waals surface area contributed by atoms with Crippen LogP contribution in [0.25, 0.3) is 0 Å². The molecule has 1 aromatic carbocycles. The van der Waals surface area contributed by atoms with Crippen LogP contribution in [-0.4, -0.2) is 33.1 Å². The van der Waals surface area contributed by atoms with Gasteiger partial charge in [0, 0.05) is 18.4 Å². The van der Waals surface area contributed by atoms with Crippen molar-refractivity contribution in [2.24, 2.45) is 5.92 Å². The van der Waals surface area contributed by atoms with Crippen molar-refractivity contribution in [3.63, 3.8) is 0 Å². The Hall–Kier alpha value is -1.89. The van der Waals surface area contributed by atoms with E-state index in [9.17, 15) is 9.90 Å². The van der Waals surface area contributed by atoms with Gasteiger partial charge >= 0.3 is 0 Å². The fourth-order valence-corrected chi connectivity index (χ4v) is 5.30. The molecule has 2 saturated carbocycles. The SMILES string of the molecule is O=C(NCC1(O)CCCCC1)c1cc(NC(c2ccnc(Cl)n2)C2CCCC2)ccc1Cl. The number of aliphatic hydroxyl groups is 1. The van der Waals surface area contributed by atoms with E-state index >= 15 is 0 Å². The standard InChI is InChI=1S/C24H30Cl2N4O2/c25-19-9-8-17(14-18(19)22(31)28-15-24(32)11-4-1-5-12-24)29-21(16-6-2-3-7-16)20-10-13-27-23(26)30-20/h8-10,13-14,16,21,29,32H,1-7,11-12,15H2,(H,28,31). The molecule has 1 atom stereocenters. The highest BCUT2D eigenvalue weighted by Crippen LogP contribution is 2.38. The zero-order valence-corrected chi connectivity index (χ0v) is 19.6. The molecule has 0 radical (unpaired) electrons. The minimum absolute atomic E-state index is 0.0296. The molecule has 8 heteroatoms. The van der Waals surface area contributed by atoms with Crippen LogP contribution in [0.4, 0.5) is 5.69 Å². The zero-order valence-electron chi connectivity index (χ0n) is 18.1. The normalized spacial score (nSPS) is 19.5. The lowest BCUT2D eigenvalue weighted by molar-refractivity contribution is 0.00526. The zero-order chi connectivity index (χ0) is 22.6. The lowest BCUT2D eigenvalue weighted by Gasteiger charge is -2.32. The Morgan fingerprint density at radius 2 is 1.88 bits per heavy atom. The summed E-state index contributed by atoms with van der Waals surface area (Å²) >= 11 is 12.4. The highest BCUT2D eigenvalue weighted by Gasteiger charge is 2.30. The van der Waals surface area contributed by atoms with Crippen LogP contribution in [0.1, 0.15) is 79.9 Å². The number of amides is 1. The third kappa shape index (κ3) is 5.72. The van der Waals surface area contributed by atoms with Gasteiger partial charge in [-0.1, -0.05) is 43.7 Å². The summed E-state index contributed by atoms with van der Waals surface area (Å²) in [5.41, 5.74) is 1.21. The second-order valence-electron chi connectivity index (χ2n) is 9.08. The summed E-state index contributed by atoms with van der Waals surface area (Å²) in [5, 5.41) is 17.8. The smallest absolute Gasteiger partial charge is 0.252 e. The van der Waals surface area contributed by atoms with Gasteiger partial charge in [-0.25, -0.2) is 9.97 Å². The molecule has 2 fully saturated rings. The van der Waals surface area contributed by atoms with E-state index in [2.05, 4.69) is 20.6 Å². The Morgan fingerprint density at radius 3 is 2.59 bits per heavy atom. The molecule has 0 bridgehead atoms. The maximum absolute atomic E-state index is 12.9. The van der Waals surface area contributed by atoms with E-state index in [1.807, 2.05) is 12.1 Å². The summed E-state index contributed by atoms with van der Waals surface area (Å²) in [7, 11) is 0. The molecule has 4 rings (SSSR count). The number of halogens is 2. The summed E-state index contributed by atoms with van der Waals surface area (Å²) in [4.78, 5) is 21.3. The Balaban J connectivity index is 1.50. The molecule has 1 unspecified atom stereocenters. The molecule has 0 aliphatic heterocycles. The number of rotatable bonds is 7. The number of nitrogens with one attached hydrogen (secondary N) is 2. The van der Waals surface area contributed by atoms with Crippen molar-refractivity contribution in [1.82, 2.24) is 15.3 Å². The average Bonchev–Trinajstić information content (AvgIpc) is 3.32. The van der Waals surface area contributed by atoms with Crippen LogP contribution in [0, 0.1) is 5.92 Å². The quantitative estimate of drug-likeness (QED) is 0.455. The molecule has 3 N–H and O–H groups in total. The van der Waals surface area contributed by atoms with Gasteiger partial charge in [-0.05, 0) is 67.5 Å². The van der Waals surface area contributed by atoms with Crippen molar-refractivity contribution in [2.45, 2.75) is 69.4 Å². The maximum atomic E-state index is 12.9. The topological polar surface area (TPSA) is 87.1 Å². The molecule has 172 valence electrons. The van der Waals surface area contributed by atoms with Crippen LogP contribution < -0.4 is 10.6 Å². The van der Waals surface area contributed by atoms with Crippen LogP contribution in [0.2, 0.25) is 10.3 Å². The highest BCUT2D eigenvalue weighted by molar-refractivity contribution is 6.34. The van der Waals surface area contributed by atoms with Gasteiger partial charge in [0.1, 0.15) is 0 Å². The predicted molar refractivity (Wildman–Crippen MR) is 127 cm³/mol. The summed E-state index contributed by atoms with van der Waals surface area (Å²) in [6, 6.07) is 7.23. The van der Waals surface area contributed by atoms with Crippen LogP contribution in [-0.2, 0) is 0 Å². The second kappa shape index (κ2) is 10.4. The fourth-order valence-electron chi connectivity index (χ4n) is 4.94. The number of carbonyl (C=O) groups excluding carboxylic acids is 1. The molecule has 1 amide bonds. The Morgan fingerprint density at radius 1 is 1.12 bits per heavy atom. The number of hydrogen-bond donors (Lipinski definition) is 3. The van der Waals surface area contributed by atoms with Crippen LogP contribution in [0.15, 0.2) is 30.5 Å². The first kappa shape index (κ1) is 23.3. The fraction of sp³-hybridized carbons (Fsp3) is 0.542. The van der Waals surface area contributed by atoms with Gasteiger partial charge in [0.05, 0.1) is 27.9 Å². The minimum atomic E-state index is -0.823. The minimum Gasteiger partial charge on any atom is -0.388 e.